The number of nitrogens with one attached hydrogen (secondary N) is 2. The maximum atomic E-state index is 12.4. The Bertz CT molecular complexity index is 663. The number of hydrogen-bond acceptors (Lipinski definition) is 3. The van der Waals surface area contributed by atoms with Crippen molar-refractivity contribution in [2.45, 2.75) is 44.9 Å². The highest BCUT2D eigenvalue weighted by Gasteiger charge is 2.28. The zero-order valence-electron chi connectivity index (χ0n) is 14.1. The van der Waals surface area contributed by atoms with E-state index in [1.165, 1.54) is 0 Å². The summed E-state index contributed by atoms with van der Waals surface area (Å²) in [6, 6.07) is 11.6. The lowest BCUT2D eigenvalue weighted by molar-refractivity contribution is 0.0815. The van der Waals surface area contributed by atoms with Crippen molar-refractivity contribution in [2.24, 2.45) is 0 Å². The predicted molar refractivity (Wildman–Crippen MR) is 92.9 cm³/mol. The van der Waals surface area contributed by atoms with Crippen molar-refractivity contribution in [3.63, 3.8) is 0 Å². The Labute approximate surface area is 142 Å². The minimum Gasteiger partial charge on any atom is -0.376 e. The van der Waals surface area contributed by atoms with Gasteiger partial charge in [-0.25, -0.2) is 4.79 Å². The maximum absolute atomic E-state index is 12.4. The first-order valence-corrected chi connectivity index (χ1v) is 8.42. The summed E-state index contributed by atoms with van der Waals surface area (Å²) < 4.78 is 7.60. The third-order valence-electron chi connectivity index (χ3n) is 4.16. The number of aromatic nitrogens is 2. The normalized spacial score (nSPS) is 18.5. The highest BCUT2D eigenvalue weighted by Crippen LogP contribution is 2.27. The summed E-state index contributed by atoms with van der Waals surface area (Å²) in [5.74, 6) is 0.542. The number of benzene rings is 1. The minimum absolute atomic E-state index is 0.00590. The first-order valence-electron chi connectivity index (χ1n) is 8.42. The lowest BCUT2D eigenvalue weighted by Crippen LogP contribution is -2.38. The molecular formula is C18H24N4O2. The highest BCUT2D eigenvalue weighted by molar-refractivity contribution is 5.88. The van der Waals surface area contributed by atoms with Gasteiger partial charge in [0.1, 0.15) is 0 Å². The van der Waals surface area contributed by atoms with Crippen molar-refractivity contribution in [2.75, 3.05) is 11.9 Å². The molecule has 1 saturated heterocycles. The SMILES string of the molecule is CC(C)n1ccc(NC(=O)NC(c2ccccc2)C2CCCO2)n1. The molecule has 128 valence electrons. The zero-order chi connectivity index (χ0) is 16.9. The molecule has 3 rings (SSSR count). The Morgan fingerprint density at radius 2 is 2.08 bits per heavy atom. The van der Waals surface area contributed by atoms with E-state index in [1.807, 2.05) is 55.1 Å². The number of hydrogen-bond donors (Lipinski definition) is 2. The van der Waals surface area contributed by atoms with Gasteiger partial charge in [0.15, 0.2) is 5.82 Å². The summed E-state index contributed by atoms with van der Waals surface area (Å²) in [6.07, 6.45) is 3.83. The molecule has 1 aromatic carbocycles. The number of amides is 2. The van der Waals surface area contributed by atoms with Gasteiger partial charge in [-0.15, -0.1) is 0 Å². The molecule has 2 heterocycles. The monoisotopic (exact) mass is 328 g/mol. The Hall–Kier alpha value is -2.34. The van der Waals surface area contributed by atoms with Crippen molar-refractivity contribution in [1.29, 1.82) is 0 Å². The van der Waals surface area contributed by atoms with E-state index in [0.717, 1.165) is 25.0 Å². The number of carbonyl (C=O) groups excluding carboxylic acids is 1. The molecule has 0 bridgehead atoms. The fraction of sp³-hybridized carbons (Fsp3) is 0.444. The second-order valence-corrected chi connectivity index (χ2v) is 6.31. The quantitative estimate of drug-likeness (QED) is 0.882. The lowest BCUT2D eigenvalue weighted by atomic mass is 9.99. The zero-order valence-corrected chi connectivity index (χ0v) is 14.1. The first kappa shape index (κ1) is 16.5. The molecule has 0 spiro atoms. The van der Waals surface area contributed by atoms with Gasteiger partial charge in [0.05, 0.1) is 12.1 Å². The Kier molecular flexibility index (Phi) is 5.15. The molecule has 2 N–H and O–H groups in total. The third-order valence-corrected chi connectivity index (χ3v) is 4.16. The summed E-state index contributed by atoms with van der Waals surface area (Å²) in [7, 11) is 0. The van der Waals surface area contributed by atoms with E-state index < -0.39 is 0 Å². The summed E-state index contributed by atoms with van der Waals surface area (Å²) in [5, 5.41) is 10.2. The lowest BCUT2D eigenvalue weighted by Gasteiger charge is -2.24. The molecule has 1 aliphatic rings. The van der Waals surface area contributed by atoms with Gasteiger partial charge in [0, 0.05) is 24.9 Å². The summed E-state index contributed by atoms with van der Waals surface area (Å²) >= 11 is 0. The number of carbonyl (C=O) groups is 1. The van der Waals surface area contributed by atoms with Crippen LogP contribution in [0.15, 0.2) is 42.6 Å². The number of rotatable bonds is 5. The molecule has 1 aliphatic heterocycles. The van der Waals surface area contributed by atoms with Gasteiger partial charge in [-0.05, 0) is 32.3 Å². The Balaban J connectivity index is 1.68. The van der Waals surface area contributed by atoms with E-state index in [-0.39, 0.29) is 24.2 Å². The van der Waals surface area contributed by atoms with Gasteiger partial charge in [-0.2, -0.15) is 5.10 Å². The summed E-state index contributed by atoms with van der Waals surface area (Å²) in [4.78, 5) is 12.4. The van der Waals surface area contributed by atoms with E-state index in [4.69, 9.17) is 4.74 Å². The first-order chi connectivity index (χ1) is 11.6. The Morgan fingerprint density at radius 3 is 2.71 bits per heavy atom. The van der Waals surface area contributed by atoms with Gasteiger partial charge in [-0.1, -0.05) is 30.3 Å². The van der Waals surface area contributed by atoms with Crippen LogP contribution >= 0.6 is 0 Å². The van der Waals surface area contributed by atoms with Crippen LogP contribution in [0.25, 0.3) is 0 Å². The number of urea groups is 1. The van der Waals surface area contributed by atoms with E-state index in [0.29, 0.717) is 5.82 Å². The highest BCUT2D eigenvalue weighted by atomic mass is 16.5. The standard InChI is InChI=1S/C18H24N4O2/c1-13(2)22-11-10-16(21-22)19-18(23)20-17(15-9-6-12-24-15)14-7-4-3-5-8-14/h3-5,7-8,10-11,13,15,17H,6,9,12H2,1-2H3,(H2,19,20,21,23). The van der Waals surface area contributed by atoms with Crippen molar-refractivity contribution < 1.29 is 9.53 Å². The fourth-order valence-electron chi connectivity index (χ4n) is 2.90. The van der Waals surface area contributed by atoms with Crippen LogP contribution in [-0.2, 0) is 4.74 Å². The van der Waals surface area contributed by atoms with Crippen LogP contribution in [0.5, 0.6) is 0 Å². The average molecular weight is 328 g/mol. The molecule has 1 fully saturated rings. The molecule has 2 amide bonds. The molecule has 0 saturated carbocycles. The van der Waals surface area contributed by atoms with Crippen LogP contribution in [0.4, 0.5) is 10.6 Å². The van der Waals surface area contributed by atoms with Gasteiger partial charge in [0.25, 0.3) is 0 Å². The van der Waals surface area contributed by atoms with Crippen LogP contribution in [0.3, 0.4) is 0 Å². The second kappa shape index (κ2) is 7.49. The average Bonchev–Trinajstić information content (AvgIpc) is 3.25. The molecule has 2 aromatic rings. The van der Waals surface area contributed by atoms with Gasteiger partial charge < -0.3 is 10.1 Å². The van der Waals surface area contributed by atoms with Gasteiger partial charge in [0.2, 0.25) is 0 Å². The molecule has 6 nitrogen and oxygen atoms in total. The molecular weight excluding hydrogens is 304 g/mol. The molecule has 2 atom stereocenters. The maximum Gasteiger partial charge on any atom is 0.321 e. The van der Waals surface area contributed by atoms with Crippen molar-refractivity contribution in [3.05, 3.63) is 48.2 Å². The third kappa shape index (κ3) is 3.94. The largest absolute Gasteiger partial charge is 0.376 e. The van der Waals surface area contributed by atoms with E-state index in [1.54, 1.807) is 6.07 Å². The summed E-state index contributed by atoms with van der Waals surface area (Å²) in [5.41, 5.74) is 1.05. The van der Waals surface area contributed by atoms with Crippen LogP contribution < -0.4 is 10.6 Å². The van der Waals surface area contributed by atoms with Crippen molar-refractivity contribution in [3.8, 4) is 0 Å². The molecule has 0 aliphatic carbocycles. The number of nitrogens with zero attached hydrogens (tertiary/aromatic N) is 2. The second-order valence-electron chi connectivity index (χ2n) is 6.31. The van der Waals surface area contributed by atoms with Crippen molar-refractivity contribution in [1.82, 2.24) is 15.1 Å². The minimum atomic E-state index is -0.270. The smallest absolute Gasteiger partial charge is 0.321 e. The number of ether oxygens (including phenoxy) is 1. The van der Waals surface area contributed by atoms with Crippen LogP contribution in [0, 0.1) is 0 Å². The molecule has 2 unspecified atom stereocenters. The van der Waals surface area contributed by atoms with Gasteiger partial charge in [-0.3, -0.25) is 10.00 Å². The molecule has 6 heteroatoms. The molecule has 1 aromatic heterocycles. The van der Waals surface area contributed by atoms with Gasteiger partial charge >= 0.3 is 6.03 Å². The summed E-state index contributed by atoms with van der Waals surface area (Å²) in [6.45, 7) is 4.83. The Morgan fingerprint density at radius 1 is 1.29 bits per heavy atom. The van der Waals surface area contributed by atoms with E-state index in [9.17, 15) is 4.79 Å². The molecule has 0 radical (unpaired) electrons. The topological polar surface area (TPSA) is 68.2 Å². The van der Waals surface area contributed by atoms with Crippen LogP contribution in [-0.4, -0.2) is 28.5 Å². The van der Waals surface area contributed by atoms with Crippen molar-refractivity contribution >= 4 is 11.8 Å². The van der Waals surface area contributed by atoms with Crippen LogP contribution in [0.1, 0.15) is 44.3 Å². The molecule has 24 heavy (non-hydrogen) atoms. The number of anilines is 1. The fourth-order valence-corrected chi connectivity index (χ4v) is 2.90. The van der Waals surface area contributed by atoms with E-state index in [2.05, 4.69) is 15.7 Å². The predicted octanol–water partition coefficient (Wildman–Crippen LogP) is 3.51. The van der Waals surface area contributed by atoms with Crippen LogP contribution in [0.2, 0.25) is 0 Å². The van der Waals surface area contributed by atoms with E-state index >= 15 is 0 Å².